The van der Waals surface area contributed by atoms with Gasteiger partial charge in [-0.1, -0.05) is 19.8 Å². The van der Waals surface area contributed by atoms with Gasteiger partial charge in [-0.25, -0.2) is 0 Å². The van der Waals surface area contributed by atoms with Crippen LogP contribution in [0.4, 0.5) is 0 Å². The van der Waals surface area contributed by atoms with Crippen molar-refractivity contribution in [1.82, 2.24) is 9.80 Å². The van der Waals surface area contributed by atoms with Crippen molar-refractivity contribution < 1.29 is 9.59 Å². The zero-order valence-electron chi connectivity index (χ0n) is 14.0. The van der Waals surface area contributed by atoms with E-state index in [0.29, 0.717) is 11.8 Å². The van der Waals surface area contributed by atoms with Crippen LogP contribution in [0.3, 0.4) is 0 Å². The van der Waals surface area contributed by atoms with Crippen LogP contribution in [0.15, 0.2) is 0 Å². The number of piperidine rings is 2. The maximum atomic E-state index is 12.9. The summed E-state index contributed by atoms with van der Waals surface area (Å²) in [6, 6.07) is -0.182. The molecule has 2 aliphatic heterocycles. The Kier molecular flexibility index (Phi) is 4.74. The number of amides is 2. The van der Waals surface area contributed by atoms with E-state index in [1.807, 2.05) is 11.8 Å². The van der Waals surface area contributed by atoms with Gasteiger partial charge in [-0.05, 0) is 50.4 Å². The molecule has 124 valence electrons. The Morgan fingerprint density at radius 3 is 2.27 bits per heavy atom. The third-order valence-electron chi connectivity index (χ3n) is 6.21. The molecule has 3 rings (SSSR count). The highest BCUT2D eigenvalue weighted by atomic mass is 16.2. The molecule has 0 N–H and O–H groups in total. The number of carbonyl (C=O) groups is 2. The second kappa shape index (κ2) is 6.59. The van der Waals surface area contributed by atoms with Gasteiger partial charge in [0.25, 0.3) is 0 Å². The Labute approximate surface area is 134 Å². The van der Waals surface area contributed by atoms with Gasteiger partial charge < -0.3 is 9.80 Å². The minimum Gasteiger partial charge on any atom is -0.341 e. The molecule has 1 spiro atoms. The number of rotatable bonds is 2. The average Bonchev–Trinajstić information content (AvgIpc) is 3.02. The molecule has 0 unspecified atom stereocenters. The maximum absolute atomic E-state index is 12.9. The van der Waals surface area contributed by atoms with Gasteiger partial charge in [-0.3, -0.25) is 9.59 Å². The molecule has 0 aromatic heterocycles. The van der Waals surface area contributed by atoms with Crippen molar-refractivity contribution in [3.8, 4) is 0 Å². The molecule has 0 aromatic rings. The number of hydrogen-bond donors (Lipinski definition) is 0. The molecule has 0 radical (unpaired) electrons. The molecular weight excluding hydrogens is 276 g/mol. The smallest absolute Gasteiger partial charge is 0.245 e. The summed E-state index contributed by atoms with van der Waals surface area (Å²) in [6.07, 6.45) is 11.3. The fraction of sp³-hybridized carbons (Fsp3) is 0.889. The molecule has 4 heteroatoms. The molecule has 1 aliphatic carbocycles. The largest absolute Gasteiger partial charge is 0.341 e. The molecule has 2 saturated heterocycles. The zero-order valence-corrected chi connectivity index (χ0v) is 14.0. The predicted octanol–water partition coefficient (Wildman–Crippen LogP) is 2.96. The van der Waals surface area contributed by atoms with Crippen LogP contribution in [0, 0.1) is 5.41 Å². The summed E-state index contributed by atoms with van der Waals surface area (Å²) in [5.41, 5.74) is 0.544. The van der Waals surface area contributed by atoms with E-state index in [2.05, 4.69) is 4.90 Å². The lowest BCUT2D eigenvalue weighted by Gasteiger charge is -2.43. The zero-order chi connectivity index (χ0) is 15.6. The van der Waals surface area contributed by atoms with Crippen LogP contribution in [0.1, 0.15) is 71.1 Å². The van der Waals surface area contributed by atoms with Gasteiger partial charge in [0, 0.05) is 26.1 Å². The van der Waals surface area contributed by atoms with Gasteiger partial charge in [0.2, 0.25) is 11.8 Å². The topological polar surface area (TPSA) is 40.6 Å². The Bertz CT molecular complexity index is 419. The fourth-order valence-electron chi connectivity index (χ4n) is 4.73. The van der Waals surface area contributed by atoms with E-state index < -0.39 is 0 Å². The van der Waals surface area contributed by atoms with Gasteiger partial charge in [-0.2, -0.15) is 0 Å². The van der Waals surface area contributed by atoms with Crippen LogP contribution in [-0.4, -0.2) is 47.3 Å². The SMILES string of the molecule is CCC(=O)N1CCCC[C@H]1C(=O)N1CCC2(CCCC2)CC1. The molecule has 0 aromatic carbocycles. The van der Waals surface area contributed by atoms with E-state index in [9.17, 15) is 9.59 Å². The van der Waals surface area contributed by atoms with Crippen molar-refractivity contribution in [1.29, 1.82) is 0 Å². The van der Waals surface area contributed by atoms with E-state index in [1.54, 1.807) is 0 Å². The van der Waals surface area contributed by atoms with E-state index in [4.69, 9.17) is 0 Å². The van der Waals surface area contributed by atoms with Gasteiger partial charge in [0.15, 0.2) is 0 Å². The van der Waals surface area contributed by atoms with Crippen molar-refractivity contribution in [2.75, 3.05) is 19.6 Å². The second-order valence-electron chi connectivity index (χ2n) is 7.48. The third-order valence-corrected chi connectivity index (χ3v) is 6.21. The van der Waals surface area contributed by atoms with Gasteiger partial charge in [0.1, 0.15) is 6.04 Å². The number of likely N-dealkylation sites (tertiary alicyclic amines) is 2. The summed E-state index contributed by atoms with van der Waals surface area (Å²) in [5.74, 6) is 0.358. The minimum absolute atomic E-state index is 0.141. The second-order valence-corrected chi connectivity index (χ2v) is 7.48. The Balaban J connectivity index is 1.61. The van der Waals surface area contributed by atoms with E-state index in [0.717, 1.165) is 38.9 Å². The van der Waals surface area contributed by atoms with Crippen molar-refractivity contribution in [3.63, 3.8) is 0 Å². The summed E-state index contributed by atoms with van der Waals surface area (Å²) < 4.78 is 0. The lowest BCUT2D eigenvalue weighted by molar-refractivity contribution is -0.149. The molecule has 22 heavy (non-hydrogen) atoms. The summed E-state index contributed by atoms with van der Waals surface area (Å²) in [4.78, 5) is 28.9. The summed E-state index contributed by atoms with van der Waals surface area (Å²) >= 11 is 0. The van der Waals surface area contributed by atoms with Crippen LogP contribution < -0.4 is 0 Å². The monoisotopic (exact) mass is 306 g/mol. The molecule has 0 bridgehead atoms. The molecule has 2 amide bonds. The van der Waals surface area contributed by atoms with Crippen LogP contribution in [0.2, 0.25) is 0 Å². The van der Waals surface area contributed by atoms with Gasteiger partial charge >= 0.3 is 0 Å². The first-order valence-electron chi connectivity index (χ1n) is 9.23. The molecular formula is C18H30N2O2. The maximum Gasteiger partial charge on any atom is 0.245 e. The van der Waals surface area contributed by atoms with Gasteiger partial charge in [0.05, 0.1) is 0 Å². The molecule has 3 fully saturated rings. The number of nitrogens with zero attached hydrogens (tertiary/aromatic N) is 2. The summed E-state index contributed by atoms with van der Waals surface area (Å²) in [6.45, 7) is 4.47. The average molecular weight is 306 g/mol. The molecule has 1 atom stereocenters. The first kappa shape index (κ1) is 15.8. The molecule has 4 nitrogen and oxygen atoms in total. The fourth-order valence-corrected chi connectivity index (χ4v) is 4.73. The van der Waals surface area contributed by atoms with E-state index in [-0.39, 0.29) is 17.9 Å². The van der Waals surface area contributed by atoms with Crippen LogP contribution >= 0.6 is 0 Å². The number of carbonyl (C=O) groups excluding carboxylic acids is 2. The summed E-state index contributed by atoms with van der Waals surface area (Å²) in [7, 11) is 0. The van der Waals surface area contributed by atoms with Crippen molar-refractivity contribution >= 4 is 11.8 Å². The molecule has 3 aliphatic rings. The Morgan fingerprint density at radius 1 is 0.955 bits per heavy atom. The first-order valence-corrected chi connectivity index (χ1v) is 9.23. The lowest BCUT2D eigenvalue weighted by Crippen LogP contribution is -2.55. The van der Waals surface area contributed by atoms with Gasteiger partial charge in [-0.15, -0.1) is 0 Å². The molecule has 1 saturated carbocycles. The quantitative estimate of drug-likeness (QED) is 0.787. The Morgan fingerprint density at radius 2 is 1.64 bits per heavy atom. The van der Waals surface area contributed by atoms with Crippen LogP contribution in [0.25, 0.3) is 0 Å². The highest BCUT2D eigenvalue weighted by molar-refractivity contribution is 5.88. The first-order chi connectivity index (χ1) is 10.7. The van der Waals surface area contributed by atoms with Crippen molar-refractivity contribution in [2.45, 2.75) is 77.2 Å². The van der Waals surface area contributed by atoms with E-state index in [1.165, 1.54) is 38.5 Å². The van der Waals surface area contributed by atoms with E-state index >= 15 is 0 Å². The molecule has 2 heterocycles. The minimum atomic E-state index is -0.182. The predicted molar refractivity (Wildman–Crippen MR) is 86.4 cm³/mol. The highest BCUT2D eigenvalue weighted by Crippen LogP contribution is 2.46. The Hall–Kier alpha value is -1.06. The lowest BCUT2D eigenvalue weighted by atomic mass is 9.77. The van der Waals surface area contributed by atoms with Crippen molar-refractivity contribution in [2.24, 2.45) is 5.41 Å². The highest BCUT2D eigenvalue weighted by Gasteiger charge is 2.40. The van der Waals surface area contributed by atoms with Crippen molar-refractivity contribution in [3.05, 3.63) is 0 Å². The standard InChI is InChI=1S/C18H30N2O2/c1-2-16(21)20-12-6-3-7-15(20)17(22)19-13-10-18(11-14-19)8-4-5-9-18/h15H,2-14H2,1H3/t15-/m0/s1. The van der Waals surface area contributed by atoms with Crippen LogP contribution in [0.5, 0.6) is 0 Å². The summed E-state index contributed by atoms with van der Waals surface area (Å²) in [5, 5.41) is 0. The third kappa shape index (κ3) is 3.02. The van der Waals surface area contributed by atoms with Crippen LogP contribution in [-0.2, 0) is 9.59 Å². The normalized spacial score (nSPS) is 28.1. The number of hydrogen-bond acceptors (Lipinski definition) is 2.